The smallest absolute Gasteiger partial charge is 0.0837 e. The molecule has 0 aliphatic heterocycles. The fourth-order valence-electron chi connectivity index (χ4n) is 2.45. The number of hydrogen-bond acceptors (Lipinski definition) is 2. The van der Waals surface area contributed by atoms with Crippen LogP contribution in [0.3, 0.4) is 0 Å². The second kappa shape index (κ2) is 7.30. The SMILES string of the molecule is CCCNC(c1cccc(C)c1Cl)c1c(Cl)cnn1CC. The zero-order valence-corrected chi connectivity index (χ0v) is 14.2. The maximum atomic E-state index is 6.52. The summed E-state index contributed by atoms with van der Waals surface area (Å²) in [7, 11) is 0. The van der Waals surface area contributed by atoms with Crippen molar-refractivity contribution >= 4 is 23.2 Å². The largest absolute Gasteiger partial charge is 0.305 e. The number of benzene rings is 1. The van der Waals surface area contributed by atoms with E-state index in [1.165, 1.54) is 0 Å². The number of hydrogen-bond donors (Lipinski definition) is 1. The fraction of sp³-hybridized carbons (Fsp3) is 0.438. The molecule has 0 fully saturated rings. The summed E-state index contributed by atoms with van der Waals surface area (Å²) in [6, 6.07) is 6.04. The number of aromatic nitrogens is 2. The summed E-state index contributed by atoms with van der Waals surface area (Å²) in [5.74, 6) is 0. The first-order chi connectivity index (χ1) is 10.1. The lowest BCUT2D eigenvalue weighted by molar-refractivity contribution is 0.530. The van der Waals surface area contributed by atoms with Crippen LogP contribution in [-0.2, 0) is 6.54 Å². The van der Waals surface area contributed by atoms with E-state index in [2.05, 4.69) is 24.3 Å². The Hall–Kier alpha value is -1.03. The van der Waals surface area contributed by atoms with Crippen molar-refractivity contribution in [3.63, 3.8) is 0 Å². The van der Waals surface area contributed by atoms with E-state index in [1.807, 2.05) is 29.8 Å². The first-order valence-corrected chi connectivity index (χ1v) is 8.05. The lowest BCUT2D eigenvalue weighted by Crippen LogP contribution is -2.26. The molecule has 1 heterocycles. The highest BCUT2D eigenvalue weighted by Gasteiger charge is 2.23. The van der Waals surface area contributed by atoms with Crippen molar-refractivity contribution in [2.24, 2.45) is 0 Å². The maximum absolute atomic E-state index is 6.52. The van der Waals surface area contributed by atoms with E-state index in [4.69, 9.17) is 23.2 Å². The summed E-state index contributed by atoms with van der Waals surface area (Å²) < 4.78 is 1.92. The predicted octanol–water partition coefficient (Wildman–Crippen LogP) is 4.61. The quantitative estimate of drug-likeness (QED) is 0.840. The zero-order chi connectivity index (χ0) is 15.4. The van der Waals surface area contributed by atoms with Crippen molar-refractivity contribution in [3.8, 4) is 0 Å². The van der Waals surface area contributed by atoms with Crippen LogP contribution in [0.2, 0.25) is 10.0 Å². The summed E-state index contributed by atoms with van der Waals surface area (Å²) in [6.45, 7) is 7.87. The minimum absolute atomic E-state index is 0.0488. The van der Waals surface area contributed by atoms with Crippen LogP contribution in [0.5, 0.6) is 0 Å². The van der Waals surface area contributed by atoms with Crippen LogP contribution in [0, 0.1) is 6.92 Å². The standard InChI is InChI=1S/C16H21Cl2N3/c1-4-9-19-15(12-8-6-7-11(3)14(12)18)16-13(17)10-20-21(16)5-2/h6-8,10,15,19H,4-5,9H2,1-3H3. The molecule has 0 aliphatic carbocycles. The molecule has 1 aromatic carbocycles. The highest BCUT2D eigenvalue weighted by atomic mass is 35.5. The molecular weight excluding hydrogens is 305 g/mol. The average Bonchev–Trinajstić information content (AvgIpc) is 2.85. The van der Waals surface area contributed by atoms with Crippen molar-refractivity contribution in [3.05, 3.63) is 51.3 Å². The van der Waals surface area contributed by atoms with Gasteiger partial charge in [-0.25, -0.2) is 0 Å². The van der Waals surface area contributed by atoms with E-state index in [0.29, 0.717) is 5.02 Å². The number of nitrogens with zero attached hydrogens (tertiary/aromatic N) is 2. The molecule has 1 aromatic heterocycles. The summed E-state index contributed by atoms with van der Waals surface area (Å²) in [4.78, 5) is 0. The third-order valence-electron chi connectivity index (χ3n) is 3.54. The molecule has 3 nitrogen and oxygen atoms in total. The second-order valence-electron chi connectivity index (χ2n) is 5.06. The van der Waals surface area contributed by atoms with Crippen molar-refractivity contribution < 1.29 is 0 Å². The van der Waals surface area contributed by atoms with Gasteiger partial charge < -0.3 is 5.32 Å². The molecule has 0 radical (unpaired) electrons. The molecule has 0 saturated carbocycles. The first kappa shape index (κ1) is 16.3. The number of halogens is 2. The minimum atomic E-state index is -0.0488. The molecule has 0 spiro atoms. The molecule has 2 aromatic rings. The molecule has 1 N–H and O–H groups in total. The molecule has 1 atom stereocenters. The lowest BCUT2D eigenvalue weighted by Gasteiger charge is -2.22. The Labute approximate surface area is 136 Å². The maximum Gasteiger partial charge on any atom is 0.0837 e. The monoisotopic (exact) mass is 325 g/mol. The second-order valence-corrected chi connectivity index (χ2v) is 5.84. The van der Waals surface area contributed by atoms with Gasteiger partial charge in [0.15, 0.2) is 0 Å². The third kappa shape index (κ3) is 3.42. The molecule has 5 heteroatoms. The van der Waals surface area contributed by atoms with Crippen LogP contribution < -0.4 is 5.32 Å². The van der Waals surface area contributed by atoms with Gasteiger partial charge in [-0.2, -0.15) is 5.10 Å². The fourth-order valence-corrected chi connectivity index (χ4v) is 2.93. The highest BCUT2D eigenvalue weighted by Crippen LogP contribution is 2.33. The van der Waals surface area contributed by atoms with Crippen LogP contribution in [-0.4, -0.2) is 16.3 Å². The van der Waals surface area contributed by atoms with Gasteiger partial charge >= 0.3 is 0 Å². The lowest BCUT2D eigenvalue weighted by atomic mass is 10.0. The van der Waals surface area contributed by atoms with E-state index in [0.717, 1.165) is 41.4 Å². The minimum Gasteiger partial charge on any atom is -0.305 e. The number of nitrogens with one attached hydrogen (secondary N) is 1. The molecule has 2 rings (SSSR count). The van der Waals surface area contributed by atoms with E-state index in [1.54, 1.807) is 6.20 Å². The third-order valence-corrected chi connectivity index (χ3v) is 4.34. The molecular formula is C16H21Cl2N3. The van der Waals surface area contributed by atoms with Gasteiger partial charge in [-0.15, -0.1) is 0 Å². The van der Waals surface area contributed by atoms with Crippen molar-refractivity contribution in [1.82, 2.24) is 15.1 Å². The molecule has 21 heavy (non-hydrogen) atoms. The Kier molecular flexibility index (Phi) is 5.68. The average molecular weight is 326 g/mol. The van der Waals surface area contributed by atoms with Crippen LogP contribution >= 0.6 is 23.2 Å². The predicted molar refractivity (Wildman–Crippen MR) is 89.2 cm³/mol. The van der Waals surface area contributed by atoms with E-state index in [-0.39, 0.29) is 6.04 Å². The molecule has 0 aliphatic rings. The van der Waals surface area contributed by atoms with Crippen LogP contribution in [0.25, 0.3) is 0 Å². The number of rotatable bonds is 6. The van der Waals surface area contributed by atoms with Crippen LogP contribution in [0.4, 0.5) is 0 Å². The van der Waals surface area contributed by atoms with E-state index < -0.39 is 0 Å². The zero-order valence-electron chi connectivity index (χ0n) is 12.7. The Morgan fingerprint density at radius 1 is 1.29 bits per heavy atom. The van der Waals surface area contributed by atoms with Crippen molar-refractivity contribution in [2.45, 2.75) is 39.8 Å². The molecule has 114 valence electrons. The van der Waals surface area contributed by atoms with Gasteiger partial charge in [0.05, 0.1) is 23.0 Å². The van der Waals surface area contributed by atoms with Crippen LogP contribution in [0.1, 0.15) is 43.1 Å². The summed E-state index contributed by atoms with van der Waals surface area (Å²) in [5.41, 5.74) is 3.08. The molecule has 0 saturated heterocycles. The Bertz CT molecular complexity index is 608. The first-order valence-electron chi connectivity index (χ1n) is 7.29. The highest BCUT2D eigenvalue weighted by molar-refractivity contribution is 6.32. The van der Waals surface area contributed by atoms with Gasteiger partial charge in [0.1, 0.15) is 0 Å². The van der Waals surface area contributed by atoms with Gasteiger partial charge in [-0.05, 0) is 37.9 Å². The molecule has 0 amide bonds. The molecule has 1 unspecified atom stereocenters. The van der Waals surface area contributed by atoms with Gasteiger partial charge in [0, 0.05) is 11.6 Å². The van der Waals surface area contributed by atoms with E-state index in [9.17, 15) is 0 Å². The van der Waals surface area contributed by atoms with Crippen molar-refractivity contribution in [1.29, 1.82) is 0 Å². The van der Waals surface area contributed by atoms with Gasteiger partial charge in [0.25, 0.3) is 0 Å². The van der Waals surface area contributed by atoms with Gasteiger partial charge in [-0.1, -0.05) is 48.3 Å². The summed E-state index contributed by atoms with van der Waals surface area (Å²) in [6.07, 6.45) is 2.74. The van der Waals surface area contributed by atoms with E-state index >= 15 is 0 Å². The van der Waals surface area contributed by atoms with Crippen molar-refractivity contribution in [2.75, 3.05) is 6.54 Å². The summed E-state index contributed by atoms with van der Waals surface area (Å²) in [5, 5.41) is 9.34. The Morgan fingerprint density at radius 2 is 2.05 bits per heavy atom. The van der Waals surface area contributed by atoms with Gasteiger partial charge in [-0.3, -0.25) is 4.68 Å². The Morgan fingerprint density at radius 3 is 2.71 bits per heavy atom. The number of aryl methyl sites for hydroxylation is 2. The molecule has 0 bridgehead atoms. The van der Waals surface area contributed by atoms with Gasteiger partial charge in [0.2, 0.25) is 0 Å². The Balaban J connectivity index is 2.52. The summed E-state index contributed by atoms with van der Waals surface area (Å²) >= 11 is 12.9. The normalized spacial score (nSPS) is 12.6. The van der Waals surface area contributed by atoms with Crippen LogP contribution in [0.15, 0.2) is 24.4 Å². The topological polar surface area (TPSA) is 29.9 Å².